The number of carbonyl (C=O) groups excluding carboxylic acids is 1. The predicted molar refractivity (Wildman–Crippen MR) is 116 cm³/mol. The number of hydrogen-bond acceptors (Lipinski definition) is 4. The van der Waals surface area contributed by atoms with Gasteiger partial charge in [-0.05, 0) is 36.0 Å². The number of carbonyl (C=O) groups is 1. The van der Waals surface area contributed by atoms with Crippen molar-refractivity contribution in [1.82, 2.24) is 10.6 Å². The third-order valence-corrected chi connectivity index (χ3v) is 5.16. The largest absolute Gasteiger partial charge is 0.371 e. The Morgan fingerprint density at radius 2 is 1.78 bits per heavy atom. The van der Waals surface area contributed by atoms with E-state index in [2.05, 4.69) is 60.6 Å². The van der Waals surface area contributed by atoms with Crippen LogP contribution in [0, 0.1) is 0 Å². The molecule has 27 heavy (non-hydrogen) atoms. The maximum absolute atomic E-state index is 12.3. The number of amides is 1. The molecule has 1 atom stereocenters. The number of rotatable bonds is 3. The van der Waals surface area contributed by atoms with Crippen LogP contribution in [0.3, 0.4) is 0 Å². The second-order valence-electron chi connectivity index (χ2n) is 8.13. The highest BCUT2D eigenvalue weighted by molar-refractivity contribution is 5.85. The van der Waals surface area contributed by atoms with Crippen LogP contribution < -0.4 is 15.5 Å². The Morgan fingerprint density at radius 1 is 1.15 bits per heavy atom. The van der Waals surface area contributed by atoms with Crippen LogP contribution >= 0.6 is 24.8 Å². The summed E-state index contributed by atoms with van der Waals surface area (Å²) in [6, 6.07) is 9.16. The SMILES string of the molecule is CC(C)(C)c1ccc(N2CCC(NC(=O)C3CNCCO3)CC2)cc1.Cl.Cl. The molecule has 3 rings (SSSR count). The Balaban J connectivity index is 0.00000182. The number of ether oxygens (including phenoxy) is 1. The van der Waals surface area contributed by atoms with Crippen molar-refractivity contribution in [2.24, 2.45) is 0 Å². The van der Waals surface area contributed by atoms with Crippen LogP contribution in [-0.2, 0) is 14.9 Å². The molecule has 154 valence electrons. The minimum absolute atomic E-state index is 0. The third-order valence-electron chi connectivity index (χ3n) is 5.16. The van der Waals surface area contributed by atoms with Crippen molar-refractivity contribution in [3.8, 4) is 0 Å². The summed E-state index contributed by atoms with van der Waals surface area (Å²) in [6.07, 6.45) is 1.62. The van der Waals surface area contributed by atoms with Crippen LogP contribution in [0.5, 0.6) is 0 Å². The minimum atomic E-state index is -0.336. The Bertz CT molecular complexity index is 576. The van der Waals surface area contributed by atoms with Crippen molar-refractivity contribution < 1.29 is 9.53 Å². The lowest BCUT2D eigenvalue weighted by molar-refractivity contribution is -0.135. The molecule has 0 bridgehead atoms. The Labute approximate surface area is 175 Å². The molecule has 0 aliphatic carbocycles. The molecule has 2 heterocycles. The van der Waals surface area contributed by atoms with Crippen LogP contribution in [0.2, 0.25) is 0 Å². The van der Waals surface area contributed by atoms with Gasteiger partial charge in [-0.15, -0.1) is 24.8 Å². The van der Waals surface area contributed by atoms with E-state index in [0.29, 0.717) is 13.2 Å². The second kappa shape index (κ2) is 10.5. The van der Waals surface area contributed by atoms with E-state index in [9.17, 15) is 4.79 Å². The minimum Gasteiger partial charge on any atom is -0.371 e. The molecule has 0 radical (unpaired) electrons. The number of hydrogen-bond donors (Lipinski definition) is 2. The van der Waals surface area contributed by atoms with E-state index >= 15 is 0 Å². The fourth-order valence-electron chi connectivity index (χ4n) is 3.48. The summed E-state index contributed by atoms with van der Waals surface area (Å²) < 4.78 is 5.53. The molecule has 1 amide bonds. The molecule has 0 spiro atoms. The summed E-state index contributed by atoms with van der Waals surface area (Å²) in [5, 5.41) is 6.36. The van der Waals surface area contributed by atoms with E-state index in [1.165, 1.54) is 11.3 Å². The van der Waals surface area contributed by atoms with Crippen LogP contribution in [0.15, 0.2) is 24.3 Å². The Morgan fingerprint density at radius 3 is 2.30 bits per heavy atom. The van der Waals surface area contributed by atoms with Gasteiger partial charge in [-0.3, -0.25) is 4.79 Å². The number of nitrogens with one attached hydrogen (secondary N) is 2. The van der Waals surface area contributed by atoms with Gasteiger partial charge in [0.15, 0.2) is 0 Å². The molecule has 5 nitrogen and oxygen atoms in total. The molecule has 0 aromatic heterocycles. The summed E-state index contributed by atoms with van der Waals surface area (Å²) in [4.78, 5) is 14.7. The zero-order valence-corrected chi connectivity index (χ0v) is 18.1. The summed E-state index contributed by atoms with van der Waals surface area (Å²) in [7, 11) is 0. The van der Waals surface area contributed by atoms with Crippen LogP contribution in [0.4, 0.5) is 5.69 Å². The topological polar surface area (TPSA) is 53.6 Å². The zero-order valence-electron chi connectivity index (χ0n) is 16.5. The first-order chi connectivity index (χ1) is 11.9. The molecule has 7 heteroatoms. The van der Waals surface area contributed by atoms with Gasteiger partial charge >= 0.3 is 0 Å². The van der Waals surface area contributed by atoms with Crippen LogP contribution in [-0.4, -0.2) is 50.8 Å². The highest BCUT2D eigenvalue weighted by Gasteiger charge is 2.26. The standard InChI is InChI=1S/C20H31N3O2.2ClH/c1-20(2,3)15-4-6-17(7-5-15)23-11-8-16(9-12-23)22-19(24)18-14-21-10-13-25-18;;/h4-7,16,18,21H,8-14H2,1-3H3,(H,22,24);2*1H. The second-order valence-corrected chi connectivity index (χ2v) is 8.13. The lowest BCUT2D eigenvalue weighted by Crippen LogP contribution is -2.52. The van der Waals surface area contributed by atoms with Gasteiger partial charge in [0.05, 0.1) is 6.61 Å². The van der Waals surface area contributed by atoms with Gasteiger partial charge in [-0.2, -0.15) is 0 Å². The molecule has 2 saturated heterocycles. The fraction of sp³-hybridized carbons (Fsp3) is 0.650. The molecule has 1 aromatic carbocycles. The Kier molecular flexibility index (Phi) is 9.35. The number of benzene rings is 1. The number of anilines is 1. The first-order valence-electron chi connectivity index (χ1n) is 9.42. The molecular formula is C20H33Cl2N3O2. The number of morpholine rings is 1. The molecule has 1 unspecified atom stereocenters. The number of halogens is 2. The van der Waals surface area contributed by atoms with Crippen LogP contribution in [0.1, 0.15) is 39.2 Å². The summed E-state index contributed by atoms with van der Waals surface area (Å²) >= 11 is 0. The van der Waals surface area contributed by atoms with Crippen molar-refractivity contribution in [2.45, 2.75) is 51.2 Å². The first kappa shape index (κ1) is 24.0. The molecule has 2 fully saturated rings. The number of piperidine rings is 1. The molecule has 1 aromatic rings. The molecule has 2 aliphatic rings. The van der Waals surface area contributed by atoms with Gasteiger partial charge in [0.2, 0.25) is 0 Å². The van der Waals surface area contributed by atoms with E-state index in [0.717, 1.165) is 32.5 Å². The quantitative estimate of drug-likeness (QED) is 0.793. The van der Waals surface area contributed by atoms with E-state index in [1.54, 1.807) is 0 Å². The van der Waals surface area contributed by atoms with Crippen LogP contribution in [0.25, 0.3) is 0 Å². The van der Waals surface area contributed by atoms with Gasteiger partial charge in [0.25, 0.3) is 5.91 Å². The maximum Gasteiger partial charge on any atom is 0.250 e. The van der Waals surface area contributed by atoms with E-state index < -0.39 is 0 Å². The van der Waals surface area contributed by atoms with Crippen molar-refractivity contribution in [2.75, 3.05) is 37.7 Å². The van der Waals surface area contributed by atoms with Crippen molar-refractivity contribution in [1.29, 1.82) is 0 Å². The van der Waals surface area contributed by atoms with E-state index in [1.807, 2.05) is 0 Å². The summed E-state index contributed by atoms with van der Waals surface area (Å²) in [5.41, 5.74) is 2.82. The van der Waals surface area contributed by atoms with Gasteiger partial charge in [-0.25, -0.2) is 0 Å². The molecule has 2 aliphatic heterocycles. The molecule has 2 N–H and O–H groups in total. The Hall–Kier alpha value is -1.01. The molecular weight excluding hydrogens is 385 g/mol. The smallest absolute Gasteiger partial charge is 0.250 e. The third kappa shape index (κ3) is 6.53. The van der Waals surface area contributed by atoms with Crippen molar-refractivity contribution >= 4 is 36.4 Å². The van der Waals surface area contributed by atoms with Gasteiger partial charge in [-0.1, -0.05) is 32.9 Å². The highest BCUT2D eigenvalue weighted by Crippen LogP contribution is 2.26. The van der Waals surface area contributed by atoms with Crippen molar-refractivity contribution in [3.05, 3.63) is 29.8 Å². The predicted octanol–water partition coefficient (Wildman–Crippen LogP) is 2.90. The number of nitrogens with zero attached hydrogens (tertiary/aromatic N) is 1. The van der Waals surface area contributed by atoms with Gasteiger partial charge in [0, 0.05) is 37.9 Å². The lowest BCUT2D eigenvalue weighted by Gasteiger charge is -2.35. The average Bonchev–Trinajstić information content (AvgIpc) is 2.62. The monoisotopic (exact) mass is 417 g/mol. The summed E-state index contributed by atoms with van der Waals surface area (Å²) in [6.45, 7) is 10.7. The normalized spacial score (nSPS) is 21.0. The first-order valence-corrected chi connectivity index (χ1v) is 9.42. The van der Waals surface area contributed by atoms with E-state index in [-0.39, 0.29) is 48.3 Å². The highest BCUT2D eigenvalue weighted by atomic mass is 35.5. The summed E-state index contributed by atoms with van der Waals surface area (Å²) in [5.74, 6) is 0.0279. The zero-order chi connectivity index (χ0) is 17.9. The maximum atomic E-state index is 12.3. The van der Waals surface area contributed by atoms with E-state index in [4.69, 9.17) is 4.74 Å². The fourth-order valence-corrected chi connectivity index (χ4v) is 3.48. The van der Waals surface area contributed by atoms with Gasteiger partial charge < -0.3 is 20.3 Å². The lowest BCUT2D eigenvalue weighted by atomic mass is 9.87. The van der Waals surface area contributed by atoms with Crippen molar-refractivity contribution in [3.63, 3.8) is 0 Å². The molecule has 0 saturated carbocycles. The average molecular weight is 418 g/mol. The van der Waals surface area contributed by atoms with Gasteiger partial charge in [0.1, 0.15) is 6.10 Å².